The van der Waals surface area contributed by atoms with E-state index in [4.69, 9.17) is 11.6 Å². The van der Waals surface area contributed by atoms with Crippen molar-refractivity contribution in [3.05, 3.63) is 51.9 Å². The van der Waals surface area contributed by atoms with Gasteiger partial charge in [-0.3, -0.25) is 9.20 Å². The number of nitrogens with one attached hydrogen (secondary N) is 1. The van der Waals surface area contributed by atoms with E-state index in [0.717, 1.165) is 11.0 Å². The SMILES string of the molecule is O=c1[nH]c2ccc(Cl)nc2n2c1nc1ccccc12. The number of pyridine rings is 1. The Labute approximate surface area is 111 Å². The summed E-state index contributed by atoms with van der Waals surface area (Å²) in [6, 6.07) is 10.9. The molecule has 3 heterocycles. The van der Waals surface area contributed by atoms with Gasteiger partial charge in [-0.05, 0) is 24.3 Å². The van der Waals surface area contributed by atoms with Crippen molar-refractivity contribution in [1.29, 1.82) is 0 Å². The summed E-state index contributed by atoms with van der Waals surface area (Å²) in [5, 5.41) is 0.374. The summed E-state index contributed by atoms with van der Waals surface area (Å²) in [6.45, 7) is 0. The highest BCUT2D eigenvalue weighted by molar-refractivity contribution is 6.29. The second-order valence-corrected chi connectivity index (χ2v) is 4.61. The Balaban J connectivity index is 2.42. The summed E-state index contributed by atoms with van der Waals surface area (Å²) in [7, 11) is 0. The maximum Gasteiger partial charge on any atom is 0.292 e. The van der Waals surface area contributed by atoms with Gasteiger partial charge < -0.3 is 4.98 Å². The molecular weight excluding hydrogens is 264 g/mol. The minimum absolute atomic E-state index is 0.243. The summed E-state index contributed by atoms with van der Waals surface area (Å²) >= 11 is 5.94. The Morgan fingerprint density at radius 3 is 2.79 bits per heavy atom. The smallest absolute Gasteiger partial charge is 0.292 e. The minimum atomic E-state index is -0.243. The normalized spacial score (nSPS) is 11.6. The number of rotatable bonds is 0. The predicted molar refractivity (Wildman–Crippen MR) is 73.6 cm³/mol. The molecule has 4 rings (SSSR count). The fraction of sp³-hybridized carbons (Fsp3) is 0. The molecule has 0 aliphatic rings. The zero-order valence-corrected chi connectivity index (χ0v) is 10.3. The highest BCUT2D eigenvalue weighted by Gasteiger charge is 2.12. The van der Waals surface area contributed by atoms with E-state index in [-0.39, 0.29) is 5.56 Å². The molecule has 0 atom stereocenters. The lowest BCUT2D eigenvalue weighted by atomic mass is 10.3. The molecule has 0 radical (unpaired) electrons. The maximum absolute atomic E-state index is 12.0. The first kappa shape index (κ1) is 10.5. The monoisotopic (exact) mass is 270 g/mol. The van der Waals surface area contributed by atoms with Crippen molar-refractivity contribution in [2.45, 2.75) is 0 Å². The molecule has 0 spiro atoms. The largest absolute Gasteiger partial charge is 0.316 e. The number of hydrogen-bond acceptors (Lipinski definition) is 3. The standard InChI is InChI=1S/C13H7ClN4O/c14-10-6-5-8-11(17-10)18-9-4-2-1-3-7(9)15-12(18)13(19)16-8/h1-6H,(H,16,19). The number of H-pyrrole nitrogens is 1. The molecule has 0 aliphatic carbocycles. The Bertz CT molecular complexity index is 1000. The number of fused-ring (bicyclic) bond motifs is 5. The van der Waals surface area contributed by atoms with Crippen LogP contribution in [0.5, 0.6) is 0 Å². The third-order valence-electron chi connectivity index (χ3n) is 3.07. The van der Waals surface area contributed by atoms with Crippen LogP contribution in [0.3, 0.4) is 0 Å². The third-order valence-corrected chi connectivity index (χ3v) is 3.28. The van der Waals surface area contributed by atoms with Gasteiger partial charge in [-0.2, -0.15) is 0 Å². The van der Waals surface area contributed by atoms with Gasteiger partial charge in [-0.25, -0.2) is 9.97 Å². The fourth-order valence-corrected chi connectivity index (χ4v) is 2.41. The molecule has 0 aliphatic heterocycles. The van der Waals surface area contributed by atoms with Gasteiger partial charge in [0.1, 0.15) is 5.15 Å². The number of nitrogens with zero attached hydrogens (tertiary/aromatic N) is 3. The molecule has 0 fully saturated rings. The molecule has 6 heteroatoms. The van der Waals surface area contributed by atoms with E-state index >= 15 is 0 Å². The molecule has 0 saturated heterocycles. The van der Waals surface area contributed by atoms with Crippen LogP contribution in [0.25, 0.3) is 27.8 Å². The lowest BCUT2D eigenvalue weighted by molar-refractivity contribution is 1.14. The van der Waals surface area contributed by atoms with E-state index in [1.165, 1.54) is 0 Å². The van der Waals surface area contributed by atoms with Gasteiger partial charge in [-0.15, -0.1) is 0 Å². The first-order valence-electron chi connectivity index (χ1n) is 5.70. The highest BCUT2D eigenvalue weighted by Crippen LogP contribution is 2.19. The van der Waals surface area contributed by atoms with Gasteiger partial charge >= 0.3 is 0 Å². The zero-order valence-electron chi connectivity index (χ0n) is 9.59. The third kappa shape index (κ3) is 1.39. The van der Waals surface area contributed by atoms with E-state index in [0.29, 0.717) is 22.0 Å². The van der Waals surface area contributed by atoms with Crippen molar-refractivity contribution in [2.75, 3.05) is 0 Å². The van der Waals surface area contributed by atoms with Crippen LogP contribution < -0.4 is 5.56 Å². The van der Waals surface area contributed by atoms with E-state index in [1.54, 1.807) is 16.5 Å². The summed E-state index contributed by atoms with van der Waals surface area (Å²) in [5.41, 5.74) is 2.89. The number of aromatic amines is 1. The number of halogens is 1. The molecular formula is C13H7ClN4O. The topological polar surface area (TPSA) is 63.0 Å². The molecule has 5 nitrogen and oxygen atoms in total. The number of imidazole rings is 1. The van der Waals surface area contributed by atoms with Crippen molar-refractivity contribution in [1.82, 2.24) is 19.4 Å². The van der Waals surface area contributed by atoms with Crippen LogP contribution in [0.4, 0.5) is 0 Å². The highest BCUT2D eigenvalue weighted by atomic mass is 35.5. The van der Waals surface area contributed by atoms with Gasteiger partial charge in [-0.1, -0.05) is 23.7 Å². The summed E-state index contributed by atoms with van der Waals surface area (Å²) in [5.74, 6) is 0. The van der Waals surface area contributed by atoms with Gasteiger partial charge in [0.05, 0.1) is 16.6 Å². The van der Waals surface area contributed by atoms with Crippen molar-refractivity contribution >= 4 is 39.4 Å². The van der Waals surface area contributed by atoms with Gasteiger partial charge in [0, 0.05) is 0 Å². The Kier molecular flexibility index (Phi) is 1.97. The van der Waals surface area contributed by atoms with Crippen LogP contribution in [0.15, 0.2) is 41.2 Å². The molecule has 1 N–H and O–H groups in total. The molecule has 0 unspecified atom stereocenters. The number of aromatic nitrogens is 4. The minimum Gasteiger partial charge on any atom is -0.316 e. The van der Waals surface area contributed by atoms with Crippen molar-refractivity contribution in [2.24, 2.45) is 0 Å². The van der Waals surface area contributed by atoms with Crippen molar-refractivity contribution in [3.8, 4) is 0 Å². The van der Waals surface area contributed by atoms with Crippen LogP contribution >= 0.6 is 11.6 Å². The first-order valence-corrected chi connectivity index (χ1v) is 6.07. The maximum atomic E-state index is 12.0. The lowest BCUT2D eigenvalue weighted by Gasteiger charge is -2.02. The molecule has 3 aromatic heterocycles. The summed E-state index contributed by atoms with van der Waals surface area (Å²) in [6.07, 6.45) is 0. The van der Waals surface area contributed by atoms with Crippen LogP contribution in [-0.4, -0.2) is 19.4 Å². The van der Waals surface area contributed by atoms with E-state index in [1.807, 2.05) is 24.3 Å². The molecule has 0 amide bonds. The molecule has 0 bridgehead atoms. The number of benzene rings is 1. The molecule has 0 saturated carbocycles. The van der Waals surface area contributed by atoms with Crippen LogP contribution in [0.1, 0.15) is 0 Å². The lowest BCUT2D eigenvalue weighted by Crippen LogP contribution is -2.11. The van der Waals surface area contributed by atoms with Crippen LogP contribution in [0, 0.1) is 0 Å². The molecule has 19 heavy (non-hydrogen) atoms. The predicted octanol–water partition coefficient (Wildman–Crippen LogP) is 2.38. The Morgan fingerprint density at radius 2 is 1.89 bits per heavy atom. The second kappa shape index (κ2) is 3.55. The molecule has 92 valence electrons. The van der Waals surface area contributed by atoms with Crippen molar-refractivity contribution < 1.29 is 0 Å². The second-order valence-electron chi connectivity index (χ2n) is 4.22. The van der Waals surface area contributed by atoms with Gasteiger partial charge in [0.25, 0.3) is 5.56 Å². The van der Waals surface area contributed by atoms with Crippen molar-refractivity contribution in [3.63, 3.8) is 0 Å². The zero-order chi connectivity index (χ0) is 13.0. The molecule has 4 aromatic rings. The number of para-hydroxylation sites is 2. The Hall–Kier alpha value is -2.40. The summed E-state index contributed by atoms with van der Waals surface area (Å²) in [4.78, 5) is 23.4. The first-order chi connectivity index (χ1) is 9.24. The van der Waals surface area contributed by atoms with E-state index in [2.05, 4.69) is 15.0 Å². The Morgan fingerprint density at radius 1 is 1.05 bits per heavy atom. The summed E-state index contributed by atoms with van der Waals surface area (Å²) < 4.78 is 1.73. The van der Waals surface area contributed by atoms with E-state index < -0.39 is 0 Å². The molecule has 1 aromatic carbocycles. The van der Waals surface area contributed by atoms with Crippen LogP contribution in [0.2, 0.25) is 5.15 Å². The van der Waals surface area contributed by atoms with Gasteiger partial charge in [0.15, 0.2) is 5.65 Å². The fourth-order valence-electron chi connectivity index (χ4n) is 2.26. The quantitative estimate of drug-likeness (QED) is 0.499. The number of hydrogen-bond donors (Lipinski definition) is 1. The van der Waals surface area contributed by atoms with Gasteiger partial charge in [0.2, 0.25) is 5.65 Å². The average Bonchev–Trinajstić information content (AvgIpc) is 2.80. The average molecular weight is 271 g/mol. The van der Waals surface area contributed by atoms with Crippen LogP contribution in [-0.2, 0) is 0 Å². The van der Waals surface area contributed by atoms with E-state index in [9.17, 15) is 4.79 Å².